The number of amides is 3. The number of cyclic esters (lactones) is 1. The largest absolute Gasteiger partial charge is 0.508 e. The Kier molecular flexibility index (Phi) is 11.0. The number of aliphatic hydroxyl groups excluding tert-OH is 2. The number of ether oxygens (including phenoxy) is 2. The lowest BCUT2D eigenvalue weighted by atomic mass is 10.0. The molecular weight excluding hydrogens is 624 g/mol. The summed E-state index contributed by atoms with van der Waals surface area (Å²) in [5.41, 5.74) is 1.46. The molecule has 3 amide bonds. The summed E-state index contributed by atoms with van der Waals surface area (Å²) in [6, 6.07) is 11.3. The predicted octanol–water partition coefficient (Wildman–Crippen LogP) is -1.91. The Balaban J connectivity index is 1.48. The molecule has 3 fully saturated rings. The zero-order chi connectivity index (χ0) is 34.6. The third kappa shape index (κ3) is 7.96. The fourth-order valence-corrected chi connectivity index (χ4v) is 6.49. The van der Waals surface area contributed by atoms with E-state index in [1.807, 2.05) is 30.3 Å². The summed E-state index contributed by atoms with van der Waals surface area (Å²) in [7, 11) is 0. The molecule has 3 heterocycles. The normalized spacial score (nSPS) is 32.2. The SMILES string of the molecule is CC(C)[C@@H]1NC(=O)[C@H](Cc2ccccc2)NC(=O)[C@@H]2CCCN2C(=O)[C@H](Cc2ccc(O)cc2)[NH2+]C[C@@]2(O)O[C@H](COC1=O)[C@@H](O)[C@@H]2O. The van der Waals surface area contributed by atoms with Crippen LogP contribution in [0.15, 0.2) is 54.6 Å². The van der Waals surface area contributed by atoms with Crippen LogP contribution in [-0.2, 0) is 41.5 Å². The van der Waals surface area contributed by atoms with Gasteiger partial charge in [-0.05, 0) is 42.0 Å². The molecule has 260 valence electrons. The average Bonchev–Trinajstić information content (AvgIpc) is 3.64. The summed E-state index contributed by atoms with van der Waals surface area (Å²) < 4.78 is 11.1. The van der Waals surface area contributed by atoms with Crippen LogP contribution >= 0.6 is 0 Å². The molecule has 14 heteroatoms. The van der Waals surface area contributed by atoms with Gasteiger partial charge in [0.05, 0.1) is 0 Å². The number of phenolic OH excluding ortho intramolecular Hbond substituents is 1. The molecule has 3 aliphatic rings. The summed E-state index contributed by atoms with van der Waals surface area (Å²) in [5.74, 6) is -5.08. The van der Waals surface area contributed by atoms with E-state index in [0.717, 1.165) is 5.56 Å². The van der Waals surface area contributed by atoms with Gasteiger partial charge in [-0.15, -0.1) is 0 Å². The van der Waals surface area contributed by atoms with Crippen molar-refractivity contribution in [3.63, 3.8) is 0 Å². The fourth-order valence-electron chi connectivity index (χ4n) is 6.49. The number of esters is 1. The molecule has 3 saturated heterocycles. The van der Waals surface area contributed by atoms with E-state index in [1.54, 1.807) is 26.0 Å². The number of quaternary nitrogens is 1. The van der Waals surface area contributed by atoms with Crippen molar-refractivity contribution in [3.8, 4) is 5.75 Å². The molecule has 8 N–H and O–H groups in total. The number of nitrogens with one attached hydrogen (secondary N) is 2. The highest BCUT2D eigenvalue weighted by molar-refractivity contribution is 5.94. The zero-order valence-corrected chi connectivity index (χ0v) is 27.0. The molecule has 5 rings (SSSR count). The number of hydrogen-bond donors (Lipinski definition) is 7. The van der Waals surface area contributed by atoms with E-state index in [4.69, 9.17) is 9.47 Å². The number of aliphatic hydroxyl groups is 3. The first-order valence-corrected chi connectivity index (χ1v) is 16.4. The maximum absolute atomic E-state index is 14.2. The smallest absolute Gasteiger partial charge is 0.328 e. The Hall–Kier alpha value is -4.08. The summed E-state index contributed by atoms with van der Waals surface area (Å²) >= 11 is 0. The van der Waals surface area contributed by atoms with Gasteiger partial charge in [0.25, 0.3) is 5.91 Å². The van der Waals surface area contributed by atoms with Crippen molar-refractivity contribution >= 4 is 23.7 Å². The number of rotatable bonds is 5. The molecule has 0 spiro atoms. The van der Waals surface area contributed by atoms with Crippen molar-refractivity contribution in [1.29, 1.82) is 0 Å². The van der Waals surface area contributed by atoms with Crippen molar-refractivity contribution in [2.75, 3.05) is 19.7 Å². The Labute approximate surface area is 278 Å². The van der Waals surface area contributed by atoms with E-state index in [2.05, 4.69) is 10.6 Å². The minimum absolute atomic E-state index is 0.0429. The van der Waals surface area contributed by atoms with Gasteiger partial charge in [-0.3, -0.25) is 14.4 Å². The number of hydrogen-bond acceptors (Lipinski definition) is 10. The van der Waals surface area contributed by atoms with Gasteiger partial charge in [-0.25, -0.2) is 4.79 Å². The van der Waals surface area contributed by atoms with E-state index in [0.29, 0.717) is 18.4 Å². The number of carbonyl (C=O) groups excluding carboxylic acids is 4. The molecule has 14 nitrogen and oxygen atoms in total. The van der Waals surface area contributed by atoms with Gasteiger partial charge in [0, 0.05) is 19.4 Å². The quantitative estimate of drug-likeness (QED) is 0.176. The van der Waals surface area contributed by atoms with Gasteiger partial charge < -0.3 is 50.8 Å². The van der Waals surface area contributed by atoms with E-state index < -0.39 is 84.5 Å². The maximum Gasteiger partial charge on any atom is 0.328 e. The van der Waals surface area contributed by atoms with E-state index in [-0.39, 0.29) is 31.7 Å². The van der Waals surface area contributed by atoms with Crippen LogP contribution in [0.25, 0.3) is 0 Å². The summed E-state index contributed by atoms with van der Waals surface area (Å²) in [5, 5.41) is 49.6. The molecule has 3 aliphatic heterocycles. The molecule has 2 aromatic carbocycles. The highest BCUT2D eigenvalue weighted by Crippen LogP contribution is 2.29. The number of fused-ring (bicyclic) bond motifs is 3. The van der Waals surface area contributed by atoms with Crippen LogP contribution in [-0.4, -0.2) is 117 Å². The van der Waals surface area contributed by atoms with Gasteiger partial charge >= 0.3 is 5.97 Å². The topological polar surface area (TPSA) is 212 Å². The number of benzene rings is 2. The van der Waals surface area contributed by atoms with Gasteiger partial charge in [0.1, 0.15) is 55.3 Å². The molecule has 0 radical (unpaired) electrons. The second-order valence-electron chi connectivity index (χ2n) is 13.2. The van der Waals surface area contributed by atoms with Crippen LogP contribution < -0.4 is 16.0 Å². The van der Waals surface area contributed by atoms with E-state index >= 15 is 0 Å². The summed E-state index contributed by atoms with van der Waals surface area (Å²) in [6.45, 7) is 2.78. The lowest BCUT2D eigenvalue weighted by molar-refractivity contribution is -0.697. The standard InChI is InChI=1S/C34H44N4O10/c1-19(2)27-33(45)47-17-26-28(40)29(41)34(46,48-26)18-35-24(16-21-10-12-22(39)13-11-21)32(44)38-14-6-9-25(38)31(43)36-23(30(42)37-27)15-20-7-4-3-5-8-20/h3-5,7-8,10-13,19,23-29,35,39-41,46H,6,9,14-18H2,1-2H3,(H,36,43)(H,37,42)/p+1/t23-,24-,25-,26+,27-,28+,29-,34+/m0/s1. The molecule has 8 atom stereocenters. The minimum atomic E-state index is -2.31. The van der Waals surface area contributed by atoms with E-state index in [1.165, 1.54) is 22.3 Å². The first-order chi connectivity index (χ1) is 22.9. The molecule has 0 unspecified atom stereocenters. The Bertz CT molecular complexity index is 1460. The minimum Gasteiger partial charge on any atom is -0.508 e. The van der Waals surface area contributed by atoms with Crippen LogP contribution in [0.5, 0.6) is 5.75 Å². The molecule has 48 heavy (non-hydrogen) atoms. The van der Waals surface area contributed by atoms with Crippen LogP contribution in [0.2, 0.25) is 0 Å². The number of phenols is 1. The first-order valence-electron chi connectivity index (χ1n) is 16.4. The van der Waals surface area contributed by atoms with Crippen molar-refractivity contribution in [2.24, 2.45) is 5.92 Å². The molecule has 0 aromatic heterocycles. The second-order valence-corrected chi connectivity index (χ2v) is 13.2. The monoisotopic (exact) mass is 669 g/mol. The third-order valence-electron chi connectivity index (χ3n) is 9.29. The molecule has 2 aromatic rings. The number of carbonyl (C=O) groups is 4. The molecule has 0 aliphatic carbocycles. The third-order valence-corrected chi connectivity index (χ3v) is 9.29. The molecule has 2 bridgehead atoms. The van der Waals surface area contributed by atoms with Gasteiger partial charge in [-0.1, -0.05) is 56.3 Å². The fraction of sp³-hybridized carbons (Fsp3) is 0.529. The average molecular weight is 670 g/mol. The number of aromatic hydroxyl groups is 1. The van der Waals surface area contributed by atoms with E-state index in [9.17, 15) is 39.6 Å². The predicted molar refractivity (Wildman–Crippen MR) is 169 cm³/mol. The molecule has 0 saturated carbocycles. The summed E-state index contributed by atoms with van der Waals surface area (Å²) in [4.78, 5) is 56.5. The first kappa shape index (κ1) is 35.2. The number of nitrogens with zero attached hydrogens (tertiary/aromatic N) is 1. The second kappa shape index (κ2) is 15.0. The Morgan fingerprint density at radius 2 is 1.65 bits per heavy atom. The van der Waals surface area contributed by atoms with Crippen LogP contribution in [0, 0.1) is 5.92 Å². The van der Waals surface area contributed by atoms with Crippen LogP contribution in [0.1, 0.15) is 37.8 Å². The lowest BCUT2D eigenvalue weighted by Crippen LogP contribution is -2.96. The van der Waals surface area contributed by atoms with Gasteiger partial charge in [0.15, 0.2) is 6.04 Å². The van der Waals surface area contributed by atoms with Crippen LogP contribution in [0.4, 0.5) is 0 Å². The van der Waals surface area contributed by atoms with Crippen molar-refractivity contribution in [3.05, 3.63) is 65.7 Å². The lowest BCUT2D eigenvalue weighted by Gasteiger charge is -2.31. The Morgan fingerprint density at radius 1 is 0.958 bits per heavy atom. The Morgan fingerprint density at radius 3 is 2.33 bits per heavy atom. The van der Waals surface area contributed by atoms with Crippen molar-refractivity contribution < 1.29 is 54.4 Å². The van der Waals surface area contributed by atoms with Gasteiger partial charge in [-0.2, -0.15) is 0 Å². The highest BCUT2D eigenvalue weighted by Gasteiger charge is 2.56. The zero-order valence-electron chi connectivity index (χ0n) is 27.0. The molecular formula is C34H45N4O10+. The van der Waals surface area contributed by atoms with Crippen molar-refractivity contribution in [1.82, 2.24) is 15.5 Å². The highest BCUT2D eigenvalue weighted by atomic mass is 16.7. The van der Waals surface area contributed by atoms with Crippen LogP contribution in [0.3, 0.4) is 0 Å². The number of nitrogens with two attached hydrogens (primary N) is 1. The van der Waals surface area contributed by atoms with Gasteiger partial charge in [0.2, 0.25) is 17.6 Å². The summed E-state index contributed by atoms with van der Waals surface area (Å²) in [6.07, 6.45) is -3.59. The van der Waals surface area contributed by atoms with Crippen molar-refractivity contribution in [2.45, 2.75) is 87.8 Å². The maximum atomic E-state index is 14.2.